The lowest BCUT2D eigenvalue weighted by Gasteiger charge is -2.32. The van der Waals surface area contributed by atoms with E-state index in [0.717, 1.165) is 27.8 Å². The fraction of sp³-hybridized carbons (Fsp3) is 0.333. The minimum Gasteiger partial charge on any atom is -0.352 e. The second-order valence-corrected chi connectivity index (χ2v) is 11.0. The van der Waals surface area contributed by atoms with Gasteiger partial charge in [-0.3, -0.25) is 9.59 Å². The molecule has 36 heavy (non-hydrogen) atoms. The lowest BCUT2D eigenvalue weighted by atomic mass is 10.0. The molecule has 1 N–H and O–H groups in total. The Morgan fingerprint density at radius 2 is 1.61 bits per heavy atom. The molecule has 3 rings (SSSR count). The van der Waals surface area contributed by atoms with Gasteiger partial charge in [0.15, 0.2) is 0 Å². The Labute approximate surface area is 228 Å². The molecule has 0 heterocycles. The van der Waals surface area contributed by atoms with E-state index in [1.807, 2.05) is 80.6 Å². The average Bonchev–Trinajstić information content (AvgIpc) is 2.88. The van der Waals surface area contributed by atoms with Gasteiger partial charge in [-0.2, -0.15) is 0 Å². The van der Waals surface area contributed by atoms with Crippen molar-refractivity contribution >= 4 is 39.5 Å². The maximum Gasteiger partial charge on any atom is 0.243 e. The average molecular weight is 568 g/mol. The van der Waals surface area contributed by atoms with Crippen LogP contribution < -0.4 is 5.32 Å². The van der Waals surface area contributed by atoms with Crippen LogP contribution in [0.1, 0.15) is 42.5 Å². The fourth-order valence-corrected chi connectivity index (χ4v) is 5.14. The summed E-state index contributed by atoms with van der Waals surface area (Å²) in [6.45, 7) is 6.51. The second-order valence-electron chi connectivity index (χ2n) is 9.09. The molecule has 0 bridgehead atoms. The van der Waals surface area contributed by atoms with E-state index in [9.17, 15) is 9.59 Å². The molecule has 3 aromatic carbocycles. The quantitative estimate of drug-likeness (QED) is 0.270. The van der Waals surface area contributed by atoms with E-state index in [1.165, 1.54) is 11.1 Å². The van der Waals surface area contributed by atoms with Crippen LogP contribution in [0.15, 0.2) is 83.3 Å². The molecule has 2 amide bonds. The number of carbonyl (C=O) groups is 2. The summed E-state index contributed by atoms with van der Waals surface area (Å²) < 4.78 is 0.980. The first kappa shape index (κ1) is 28.0. The zero-order chi connectivity index (χ0) is 25.9. The van der Waals surface area contributed by atoms with E-state index < -0.39 is 6.04 Å². The van der Waals surface area contributed by atoms with E-state index >= 15 is 0 Å². The van der Waals surface area contributed by atoms with Gasteiger partial charge in [-0.1, -0.05) is 89.6 Å². The number of hydrogen-bond donors (Lipinski definition) is 1. The molecule has 2 atom stereocenters. The van der Waals surface area contributed by atoms with Crippen LogP contribution in [0.3, 0.4) is 0 Å². The van der Waals surface area contributed by atoms with Crippen LogP contribution in [0, 0.1) is 6.92 Å². The first-order valence-corrected chi connectivity index (χ1v) is 14.3. The van der Waals surface area contributed by atoms with Gasteiger partial charge in [-0.25, -0.2) is 0 Å². The predicted molar refractivity (Wildman–Crippen MR) is 154 cm³/mol. The molecule has 6 heteroatoms. The minimum absolute atomic E-state index is 0.0308. The van der Waals surface area contributed by atoms with E-state index in [-0.39, 0.29) is 17.9 Å². The third-order valence-corrected chi connectivity index (χ3v) is 7.78. The Balaban J connectivity index is 1.85. The number of hydrogen-bond acceptors (Lipinski definition) is 3. The number of carbonyl (C=O) groups excluding carboxylic acids is 2. The molecule has 3 aromatic rings. The predicted octanol–water partition coefficient (Wildman–Crippen LogP) is 6.55. The number of rotatable bonds is 12. The van der Waals surface area contributed by atoms with Crippen molar-refractivity contribution in [3.05, 3.63) is 106 Å². The summed E-state index contributed by atoms with van der Waals surface area (Å²) in [7, 11) is 0. The Hall–Kier alpha value is -2.57. The maximum absolute atomic E-state index is 13.7. The van der Waals surface area contributed by atoms with Crippen molar-refractivity contribution in [2.45, 2.75) is 58.0 Å². The van der Waals surface area contributed by atoms with Crippen LogP contribution in [0.2, 0.25) is 0 Å². The van der Waals surface area contributed by atoms with E-state index in [4.69, 9.17) is 0 Å². The topological polar surface area (TPSA) is 49.4 Å². The van der Waals surface area contributed by atoms with Crippen molar-refractivity contribution in [1.29, 1.82) is 0 Å². The Morgan fingerprint density at radius 1 is 0.944 bits per heavy atom. The van der Waals surface area contributed by atoms with Crippen molar-refractivity contribution in [3.8, 4) is 0 Å². The van der Waals surface area contributed by atoms with Crippen LogP contribution in [0.5, 0.6) is 0 Å². The normalized spacial score (nSPS) is 12.6. The summed E-state index contributed by atoms with van der Waals surface area (Å²) in [6, 6.07) is 25.5. The number of aryl methyl sites for hydroxylation is 1. The lowest BCUT2D eigenvalue weighted by Crippen LogP contribution is -2.52. The highest BCUT2D eigenvalue weighted by molar-refractivity contribution is 9.10. The number of benzene rings is 3. The van der Waals surface area contributed by atoms with Crippen LogP contribution in [-0.2, 0) is 28.3 Å². The summed E-state index contributed by atoms with van der Waals surface area (Å²) >= 11 is 5.08. The van der Waals surface area contributed by atoms with E-state index in [0.29, 0.717) is 18.7 Å². The first-order chi connectivity index (χ1) is 17.4. The summed E-state index contributed by atoms with van der Waals surface area (Å²) in [5.41, 5.74) is 4.47. The van der Waals surface area contributed by atoms with E-state index in [1.54, 1.807) is 16.7 Å². The molecular formula is C30H35BrN2O2S. The minimum atomic E-state index is -0.600. The van der Waals surface area contributed by atoms with Gasteiger partial charge in [0.05, 0.1) is 5.75 Å². The third kappa shape index (κ3) is 8.52. The molecule has 0 radical (unpaired) electrons. The van der Waals surface area contributed by atoms with Crippen LogP contribution >= 0.6 is 27.7 Å². The van der Waals surface area contributed by atoms with Crippen LogP contribution in [-0.4, -0.2) is 34.6 Å². The summed E-state index contributed by atoms with van der Waals surface area (Å²) in [4.78, 5) is 29.0. The Morgan fingerprint density at radius 3 is 2.28 bits per heavy atom. The van der Waals surface area contributed by atoms with Crippen molar-refractivity contribution in [2.75, 3.05) is 5.75 Å². The van der Waals surface area contributed by atoms with Gasteiger partial charge < -0.3 is 10.2 Å². The van der Waals surface area contributed by atoms with Gasteiger partial charge in [0, 0.05) is 29.2 Å². The zero-order valence-corrected chi connectivity index (χ0v) is 23.6. The van der Waals surface area contributed by atoms with Gasteiger partial charge in [-0.15, -0.1) is 11.8 Å². The van der Waals surface area contributed by atoms with Crippen molar-refractivity contribution in [3.63, 3.8) is 0 Å². The molecule has 0 aromatic heterocycles. The molecule has 4 nitrogen and oxygen atoms in total. The number of halogens is 1. The summed E-state index contributed by atoms with van der Waals surface area (Å²) in [5.74, 6) is 0.930. The zero-order valence-electron chi connectivity index (χ0n) is 21.2. The van der Waals surface area contributed by atoms with Gasteiger partial charge in [0.25, 0.3) is 0 Å². The molecule has 0 aliphatic rings. The van der Waals surface area contributed by atoms with Gasteiger partial charge in [-0.05, 0) is 54.7 Å². The molecule has 0 saturated heterocycles. The molecule has 190 valence electrons. The molecule has 0 aliphatic carbocycles. The lowest BCUT2D eigenvalue weighted by molar-refractivity contribution is -0.139. The van der Waals surface area contributed by atoms with Gasteiger partial charge in [0.2, 0.25) is 11.8 Å². The molecular weight excluding hydrogens is 532 g/mol. The molecule has 2 unspecified atom stereocenters. The second kappa shape index (κ2) is 14.2. The highest BCUT2D eigenvalue weighted by atomic mass is 79.9. The highest BCUT2D eigenvalue weighted by Gasteiger charge is 2.30. The molecule has 0 spiro atoms. The number of nitrogens with one attached hydrogen (secondary N) is 1. The van der Waals surface area contributed by atoms with Crippen molar-refractivity contribution in [2.24, 2.45) is 0 Å². The summed E-state index contributed by atoms with van der Waals surface area (Å²) in [6.07, 6.45) is 1.30. The standard InChI is InChI=1S/C30H35BrN2O2S/c1-4-23(3)32-30(35)28(18-24-11-6-5-7-12-24)33(19-25-14-16-27(31)17-15-25)29(34)21-36-20-26-13-9-8-10-22(26)2/h5-17,23,28H,4,18-21H2,1-3H3,(H,32,35). The van der Waals surface area contributed by atoms with Gasteiger partial charge >= 0.3 is 0 Å². The SMILES string of the molecule is CCC(C)NC(=O)C(Cc1ccccc1)N(Cc1ccc(Br)cc1)C(=O)CSCc1ccccc1C. The smallest absolute Gasteiger partial charge is 0.243 e. The number of nitrogens with zero attached hydrogens (tertiary/aromatic N) is 1. The van der Waals surface area contributed by atoms with Gasteiger partial charge in [0.1, 0.15) is 6.04 Å². The van der Waals surface area contributed by atoms with Crippen molar-refractivity contribution in [1.82, 2.24) is 10.2 Å². The van der Waals surface area contributed by atoms with Crippen molar-refractivity contribution < 1.29 is 9.59 Å². The molecule has 0 saturated carbocycles. The number of thioether (sulfide) groups is 1. The van der Waals surface area contributed by atoms with Crippen LogP contribution in [0.4, 0.5) is 0 Å². The molecule has 0 aliphatic heterocycles. The largest absolute Gasteiger partial charge is 0.352 e. The monoisotopic (exact) mass is 566 g/mol. The summed E-state index contributed by atoms with van der Waals surface area (Å²) in [5, 5.41) is 3.12. The van der Waals surface area contributed by atoms with E-state index in [2.05, 4.69) is 40.3 Å². The third-order valence-electron chi connectivity index (χ3n) is 6.28. The highest BCUT2D eigenvalue weighted by Crippen LogP contribution is 2.21. The first-order valence-electron chi connectivity index (χ1n) is 12.4. The molecule has 0 fully saturated rings. The van der Waals surface area contributed by atoms with Crippen LogP contribution in [0.25, 0.3) is 0 Å². The maximum atomic E-state index is 13.7. The number of amides is 2. The Kier molecular flexibility index (Phi) is 11.1. The fourth-order valence-electron chi connectivity index (χ4n) is 3.88. The Bertz CT molecular complexity index is 1120.